The number of benzene rings is 1. The molecular weight excluding hydrogens is 284 g/mol. The van der Waals surface area contributed by atoms with E-state index >= 15 is 0 Å². The molecular formula is C17H16O5. The minimum atomic E-state index is -1.24. The number of hydrogen-bond donors (Lipinski definition) is 1. The molecule has 0 radical (unpaired) electrons. The molecule has 0 saturated heterocycles. The molecule has 5 nitrogen and oxygen atoms in total. The first-order valence-corrected chi connectivity index (χ1v) is 7.35. The Morgan fingerprint density at radius 2 is 2.09 bits per heavy atom. The van der Waals surface area contributed by atoms with Crippen LogP contribution >= 0.6 is 0 Å². The molecule has 1 heterocycles. The zero-order valence-electron chi connectivity index (χ0n) is 12.2. The largest absolute Gasteiger partial charge is 0.493 e. The number of ketones is 1. The molecule has 0 fully saturated rings. The fourth-order valence-corrected chi connectivity index (χ4v) is 4.12. The van der Waals surface area contributed by atoms with E-state index in [1.165, 1.54) is 13.2 Å². The molecule has 1 aromatic carbocycles. The monoisotopic (exact) mass is 300 g/mol. The van der Waals surface area contributed by atoms with Gasteiger partial charge in [-0.15, -0.1) is 0 Å². The quantitative estimate of drug-likeness (QED) is 0.628. The van der Waals surface area contributed by atoms with E-state index in [0.29, 0.717) is 24.3 Å². The molecule has 0 unspecified atom stereocenters. The smallest absolute Gasteiger partial charge is 0.312 e. The van der Waals surface area contributed by atoms with Gasteiger partial charge in [0.15, 0.2) is 17.3 Å². The molecule has 1 spiro atoms. The highest BCUT2D eigenvalue weighted by atomic mass is 16.6. The molecule has 0 bridgehead atoms. The Balaban J connectivity index is 2.07. The Morgan fingerprint density at radius 1 is 1.27 bits per heavy atom. The van der Waals surface area contributed by atoms with Gasteiger partial charge in [0.05, 0.1) is 24.5 Å². The summed E-state index contributed by atoms with van der Waals surface area (Å²) in [6, 6.07) is 3.73. The lowest BCUT2D eigenvalue weighted by Gasteiger charge is -2.52. The molecule has 114 valence electrons. The standard InChI is InChI=1S/C17H16O5/c1-21-12-3-2-10-4-7-17(20)8-11(18)5-6-16(17)9-13(19)22-15(12)14(10)16/h2-3,5-6,20H,4,7-9H2,1H3/t16-,17-/m0/s1. The summed E-state index contributed by atoms with van der Waals surface area (Å²) < 4.78 is 10.7. The van der Waals surface area contributed by atoms with Crippen LogP contribution in [0.3, 0.4) is 0 Å². The molecule has 4 rings (SSSR count). The van der Waals surface area contributed by atoms with Gasteiger partial charge in [-0.3, -0.25) is 9.59 Å². The number of allylic oxidation sites excluding steroid dienone is 1. The van der Waals surface area contributed by atoms with Gasteiger partial charge in [-0.25, -0.2) is 0 Å². The highest BCUT2D eigenvalue weighted by Gasteiger charge is 2.59. The van der Waals surface area contributed by atoms with Crippen LogP contribution in [0.2, 0.25) is 0 Å². The first kappa shape index (κ1) is 13.5. The molecule has 1 aliphatic heterocycles. The summed E-state index contributed by atoms with van der Waals surface area (Å²) in [5.74, 6) is 0.330. The number of methoxy groups -OCH3 is 1. The fourth-order valence-electron chi connectivity index (χ4n) is 4.12. The Kier molecular flexibility index (Phi) is 2.58. The van der Waals surface area contributed by atoms with Gasteiger partial charge in [-0.1, -0.05) is 12.1 Å². The van der Waals surface area contributed by atoms with Crippen molar-refractivity contribution in [3.63, 3.8) is 0 Å². The number of aryl methyl sites for hydroxylation is 1. The van der Waals surface area contributed by atoms with Crippen LogP contribution < -0.4 is 9.47 Å². The van der Waals surface area contributed by atoms with E-state index in [4.69, 9.17) is 9.47 Å². The van der Waals surface area contributed by atoms with Crippen molar-refractivity contribution in [2.24, 2.45) is 0 Å². The molecule has 1 N–H and O–H groups in total. The van der Waals surface area contributed by atoms with E-state index < -0.39 is 17.0 Å². The van der Waals surface area contributed by atoms with Crippen LogP contribution in [0.15, 0.2) is 24.3 Å². The Bertz CT molecular complexity index is 735. The maximum absolute atomic E-state index is 12.2. The highest BCUT2D eigenvalue weighted by molar-refractivity contribution is 5.94. The van der Waals surface area contributed by atoms with Crippen LogP contribution in [-0.2, 0) is 21.4 Å². The van der Waals surface area contributed by atoms with Gasteiger partial charge in [0.2, 0.25) is 0 Å². The van der Waals surface area contributed by atoms with Crippen molar-refractivity contribution in [2.75, 3.05) is 7.11 Å². The van der Waals surface area contributed by atoms with E-state index in [1.54, 1.807) is 12.1 Å². The summed E-state index contributed by atoms with van der Waals surface area (Å²) in [7, 11) is 1.52. The molecule has 5 heteroatoms. The topological polar surface area (TPSA) is 72.8 Å². The average Bonchev–Trinajstić information content (AvgIpc) is 2.48. The number of ether oxygens (including phenoxy) is 2. The number of esters is 1. The second kappa shape index (κ2) is 4.20. The third-order valence-corrected chi connectivity index (χ3v) is 5.17. The zero-order valence-corrected chi connectivity index (χ0v) is 12.2. The van der Waals surface area contributed by atoms with Gasteiger partial charge in [-0.2, -0.15) is 0 Å². The second-order valence-corrected chi connectivity index (χ2v) is 6.26. The van der Waals surface area contributed by atoms with E-state index in [-0.39, 0.29) is 18.6 Å². The third-order valence-electron chi connectivity index (χ3n) is 5.17. The van der Waals surface area contributed by atoms with E-state index in [1.807, 2.05) is 6.07 Å². The minimum absolute atomic E-state index is 0.0346. The van der Waals surface area contributed by atoms with Crippen LogP contribution in [0.25, 0.3) is 0 Å². The second-order valence-electron chi connectivity index (χ2n) is 6.26. The van der Waals surface area contributed by atoms with Crippen LogP contribution in [0.1, 0.15) is 30.4 Å². The lowest BCUT2D eigenvalue weighted by molar-refractivity contribution is -0.145. The summed E-state index contributed by atoms with van der Waals surface area (Å²) in [6.45, 7) is 0. The Labute approximate surface area is 127 Å². The van der Waals surface area contributed by atoms with Gasteiger partial charge in [0.25, 0.3) is 0 Å². The third kappa shape index (κ3) is 1.52. The SMILES string of the molecule is COc1ccc2c3c1OC(=O)C[C@@]31C=CC(=O)C[C@@]1(O)CC2. The lowest BCUT2D eigenvalue weighted by atomic mass is 9.54. The first-order chi connectivity index (χ1) is 10.5. The summed E-state index contributed by atoms with van der Waals surface area (Å²) >= 11 is 0. The van der Waals surface area contributed by atoms with E-state index in [2.05, 4.69) is 0 Å². The minimum Gasteiger partial charge on any atom is -0.493 e. The molecule has 2 aliphatic carbocycles. The fraction of sp³-hybridized carbons (Fsp3) is 0.412. The molecule has 3 aliphatic rings. The molecule has 22 heavy (non-hydrogen) atoms. The Morgan fingerprint density at radius 3 is 2.86 bits per heavy atom. The number of aliphatic hydroxyl groups is 1. The van der Waals surface area contributed by atoms with Crippen molar-refractivity contribution < 1.29 is 24.2 Å². The summed E-state index contributed by atoms with van der Waals surface area (Å²) in [5.41, 5.74) is -0.309. The van der Waals surface area contributed by atoms with Crippen molar-refractivity contribution in [1.29, 1.82) is 0 Å². The van der Waals surface area contributed by atoms with Crippen LogP contribution in [-0.4, -0.2) is 29.6 Å². The molecule has 1 aromatic rings. The van der Waals surface area contributed by atoms with Crippen molar-refractivity contribution in [3.8, 4) is 11.5 Å². The predicted octanol–water partition coefficient (Wildman–Crippen LogP) is 1.45. The molecule has 2 atom stereocenters. The van der Waals surface area contributed by atoms with Crippen LogP contribution in [0.4, 0.5) is 0 Å². The van der Waals surface area contributed by atoms with Gasteiger partial charge in [0, 0.05) is 12.0 Å². The van der Waals surface area contributed by atoms with Crippen LogP contribution in [0, 0.1) is 0 Å². The number of rotatable bonds is 1. The van der Waals surface area contributed by atoms with E-state index in [0.717, 1.165) is 11.1 Å². The van der Waals surface area contributed by atoms with Gasteiger partial charge in [0.1, 0.15) is 0 Å². The number of carbonyl (C=O) groups excluding carboxylic acids is 2. The predicted molar refractivity (Wildman–Crippen MR) is 77.0 cm³/mol. The highest BCUT2D eigenvalue weighted by Crippen LogP contribution is 2.58. The maximum Gasteiger partial charge on any atom is 0.312 e. The van der Waals surface area contributed by atoms with Crippen LogP contribution in [0.5, 0.6) is 11.5 Å². The van der Waals surface area contributed by atoms with Crippen molar-refractivity contribution >= 4 is 11.8 Å². The Hall–Kier alpha value is -2.14. The van der Waals surface area contributed by atoms with Crippen molar-refractivity contribution in [3.05, 3.63) is 35.4 Å². The molecule has 0 saturated carbocycles. The van der Waals surface area contributed by atoms with Crippen molar-refractivity contribution in [1.82, 2.24) is 0 Å². The lowest BCUT2D eigenvalue weighted by Crippen LogP contribution is -2.59. The van der Waals surface area contributed by atoms with E-state index in [9.17, 15) is 14.7 Å². The number of carbonyl (C=O) groups is 2. The number of hydrogen-bond acceptors (Lipinski definition) is 5. The zero-order chi connectivity index (χ0) is 15.5. The summed E-state index contributed by atoms with van der Waals surface area (Å²) in [6.07, 6.45) is 4.34. The normalized spacial score (nSPS) is 32.1. The van der Waals surface area contributed by atoms with Crippen molar-refractivity contribution in [2.45, 2.75) is 36.7 Å². The van der Waals surface area contributed by atoms with Gasteiger partial charge < -0.3 is 14.6 Å². The van der Waals surface area contributed by atoms with Gasteiger partial charge in [-0.05, 0) is 30.5 Å². The molecule has 0 aromatic heterocycles. The van der Waals surface area contributed by atoms with Gasteiger partial charge >= 0.3 is 5.97 Å². The summed E-state index contributed by atoms with van der Waals surface area (Å²) in [5, 5.41) is 11.2. The summed E-state index contributed by atoms with van der Waals surface area (Å²) in [4.78, 5) is 24.0. The molecule has 0 amide bonds. The first-order valence-electron chi connectivity index (χ1n) is 7.35. The maximum atomic E-state index is 12.2. The average molecular weight is 300 g/mol.